The van der Waals surface area contributed by atoms with E-state index in [9.17, 15) is 1.37 Å². The summed E-state index contributed by atoms with van der Waals surface area (Å²) in [6.07, 6.45) is -0.777. The fourth-order valence-electron chi connectivity index (χ4n) is 2.16. The van der Waals surface area contributed by atoms with Crippen LogP contribution in [0.2, 0.25) is 10.0 Å². The molecule has 0 bridgehead atoms. The molecule has 0 amide bonds. The molecule has 0 saturated heterocycles. The second-order valence-electron chi connectivity index (χ2n) is 4.21. The van der Waals surface area contributed by atoms with Crippen molar-refractivity contribution in [1.29, 1.82) is 0 Å². The predicted molar refractivity (Wildman–Crippen MR) is 85.8 cm³/mol. The van der Waals surface area contributed by atoms with Gasteiger partial charge in [-0.1, -0.05) is 53.4 Å². The number of nitrogens with one attached hydrogen (secondary N) is 1. The fourth-order valence-corrected chi connectivity index (χ4v) is 2.40. The van der Waals surface area contributed by atoms with Crippen molar-refractivity contribution in [2.75, 3.05) is 6.98 Å². The van der Waals surface area contributed by atoms with Crippen LogP contribution in [0.15, 0.2) is 42.3 Å². The molecule has 0 unspecified atom stereocenters. The van der Waals surface area contributed by atoms with Crippen LogP contribution in [0.3, 0.4) is 0 Å². The lowest BCUT2D eigenvalue weighted by Gasteiger charge is -2.32. The van der Waals surface area contributed by atoms with Crippen molar-refractivity contribution < 1.29 is 16.4 Å². The van der Waals surface area contributed by atoms with Crippen LogP contribution in [0.1, 0.15) is 57.9 Å². The lowest BCUT2D eigenvalue weighted by atomic mass is 9.77. The smallest absolute Gasteiger partial charge is 0.0642 e. The van der Waals surface area contributed by atoms with E-state index in [1.165, 1.54) is 0 Å². The Balaban J connectivity index is 2.49. The van der Waals surface area contributed by atoms with Gasteiger partial charge in [0.2, 0.25) is 0 Å². The van der Waals surface area contributed by atoms with Gasteiger partial charge >= 0.3 is 0 Å². The van der Waals surface area contributed by atoms with Gasteiger partial charge in [-0.25, -0.2) is 0 Å². The van der Waals surface area contributed by atoms with Crippen LogP contribution in [0, 0.1) is 0 Å². The Kier molecular flexibility index (Phi) is 1.63. The van der Waals surface area contributed by atoms with Gasteiger partial charge in [0.1, 0.15) is 0 Å². The highest BCUT2D eigenvalue weighted by molar-refractivity contribution is 6.42. The molecule has 2 aromatic carbocycles. The maximum absolute atomic E-state index is 9.18. The fraction of sp³-hybridized carbons (Fsp3) is 0.294. The molecule has 20 heavy (non-hydrogen) atoms. The van der Waals surface area contributed by atoms with Crippen molar-refractivity contribution in [3.63, 3.8) is 0 Å². The van der Waals surface area contributed by atoms with Crippen LogP contribution in [0.5, 0.6) is 0 Å². The van der Waals surface area contributed by atoms with Gasteiger partial charge in [0.05, 0.1) is 21.0 Å². The Morgan fingerprint density at radius 3 is 2.75 bits per heavy atom. The molecule has 2 aromatic rings. The number of benzene rings is 2. The zero-order chi connectivity index (χ0) is 24.5. The highest BCUT2D eigenvalue weighted by Crippen LogP contribution is 2.42. The van der Waals surface area contributed by atoms with E-state index >= 15 is 0 Å². The second-order valence-corrected chi connectivity index (χ2v) is 4.97. The summed E-state index contributed by atoms with van der Waals surface area (Å²) in [6.45, 7) is -2.84. The maximum Gasteiger partial charge on any atom is 0.0642 e. The summed E-state index contributed by atoms with van der Waals surface area (Å²) in [6, 6.07) is -6.75. The molecule has 0 saturated carbocycles. The Morgan fingerprint density at radius 1 is 1.15 bits per heavy atom. The van der Waals surface area contributed by atoms with Crippen LogP contribution in [-0.4, -0.2) is 6.98 Å². The largest absolute Gasteiger partial charge is 0.313 e. The molecule has 3 heteroatoms. The predicted octanol–water partition coefficient (Wildman–Crippen LogP) is 5.18. The van der Waals surface area contributed by atoms with E-state index in [4.69, 9.17) is 38.3 Å². The summed E-state index contributed by atoms with van der Waals surface area (Å²) in [4.78, 5) is 0. The molecule has 104 valence electrons. The molecule has 3 rings (SSSR count). The van der Waals surface area contributed by atoms with Crippen molar-refractivity contribution in [2.45, 2.75) is 24.8 Å². The maximum atomic E-state index is 9.18. The van der Waals surface area contributed by atoms with Crippen LogP contribution < -0.4 is 5.32 Å². The van der Waals surface area contributed by atoms with E-state index < -0.39 is 84.3 Å². The number of hydrogen-bond acceptors (Lipinski definition) is 1. The lowest BCUT2D eigenvalue weighted by molar-refractivity contribution is 0.471. The lowest BCUT2D eigenvalue weighted by Crippen LogP contribution is -2.24. The third kappa shape index (κ3) is 2.46. The van der Waals surface area contributed by atoms with Crippen LogP contribution in [0.25, 0.3) is 0 Å². The first-order chi connectivity index (χ1) is 14.5. The Bertz CT molecular complexity index is 1110. The second kappa shape index (κ2) is 5.77. The van der Waals surface area contributed by atoms with E-state index in [1.54, 1.807) is 0 Å². The average Bonchev–Trinajstić information content (AvgIpc) is 2.68. The first-order valence-electron chi connectivity index (χ1n) is 11.8. The molecule has 0 radical (unpaired) electrons. The molecular formula is C17H17Cl2N. The van der Waals surface area contributed by atoms with Gasteiger partial charge in [-0.15, -0.1) is 0 Å². The number of hydrogen-bond donors (Lipinski definition) is 1. The van der Waals surface area contributed by atoms with Gasteiger partial charge < -0.3 is 5.32 Å². The topological polar surface area (TPSA) is 12.0 Å². The van der Waals surface area contributed by atoms with Gasteiger partial charge in [0.15, 0.2) is 0 Å². The third-order valence-electron chi connectivity index (χ3n) is 3.09. The normalized spacial score (nSPS) is 38.1. The van der Waals surface area contributed by atoms with Gasteiger partial charge in [0.25, 0.3) is 0 Å². The summed E-state index contributed by atoms with van der Waals surface area (Å²) >= 11 is 12.0. The van der Waals surface area contributed by atoms with Crippen molar-refractivity contribution in [3.8, 4) is 0 Å². The van der Waals surface area contributed by atoms with Crippen LogP contribution in [0.4, 0.5) is 0 Å². The Hall–Kier alpha value is -1.02. The SMILES string of the molecule is [2H]c1c([2H])c([2H])c2c(c1[2H])[C@]([2H])(c1c([2H])c([2H])c(Cl)c(Cl)c1[2H])CC[C@]2([2H])NC([2H])([2H])[2H]. The zero-order valence-electron chi connectivity index (χ0n) is 22.2. The quantitative estimate of drug-likeness (QED) is 0.804. The first-order valence-corrected chi connectivity index (χ1v) is 6.59. The molecule has 1 aliphatic carbocycles. The molecule has 0 heterocycles. The molecule has 1 nitrogen and oxygen atoms in total. The third-order valence-corrected chi connectivity index (χ3v) is 3.76. The minimum atomic E-state index is -2.84. The molecular weight excluding hydrogens is 289 g/mol. The minimum Gasteiger partial charge on any atom is -0.313 e. The zero-order valence-corrected chi connectivity index (χ0v) is 11.7. The highest BCUT2D eigenvalue weighted by atomic mass is 35.5. The highest BCUT2D eigenvalue weighted by Gasteiger charge is 2.27. The molecule has 1 aliphatic rings. The molecule has 0 fully saturated rings. The van der Waals surface area contributed by atoms with E-state index in [0.29, 0.717) is 0 Å². The van der Waals surface area contributed by atoms with Gasteiger partial charge in [-0.05, 0) is 48.6 Å². The van der Waals surface area contributed by atoms with Crippen LogP contribution in [-0.2, 0) is 0 Å². The number of fused-ring (bicyclic) bond motifs is 1. The van der Waals surface area contributed by atoms with Crippen molar-refractivity contribution >= 4 is 23.2 Å². The Morgan fingerprint density at radius 2 is 1.95 bits per heavy atom. The van der Waals surface area contributed by atoms with E-state index in [-0.39, 0.29) is 16.5 Å². The van der Waals surface area contributed by atoms with Gasteiger partial charge in [-0.2, -0.15) is 0 Å². The van der Waals surface area contributed by atoms with Gasteiger partial charge in [-0.3, -0.25) is 0 Å². The van der Waals surface area contributed by atoms with Crippen molar-refractivity contribution in [3.05, 3.63) is 69.0 Å². The summed E-state index contributed by atoms with van der Waals surface area (Å²) < 4.78 is 98.0. The monoisotopic (exact) mass is 317 g/mol. The first kappa shape index (κ1) is 5.64. The van der Waals surface area contributed by atoms with E-state index in [0.717, 1.165) is 0 Å². The summed E-state index contributed by atoms with van der Waals surface area (Å²) in [7, 11) is 0. The minimum absolute atomic E-state index is 0.362. The van der Waals surface area contributed by atoms with Crippen molar-refractivity contribution in [1.82, 2.24) is 5.32 Å². The number of rotatable bonds is 2. The Labute approximate surface area is 146 Å². The summed E-state index contributed by atoms with van der Waals surface area (Å²) in [5, 5.41) is 1.36. The summed E-state index contributed by atoms with van der Waals surface area (Å²) in [5.41, 5.74) is -1.31. The molecule has 0 spiro atoms. The standard InChI is InChI=1S/C17H17Cl2N/c1-20-17-9-7-12(13-4-2-3-5-14(13)17)11-6-8-15(18)16(19)10-11/h2-6,8,10,12,17,20H,7,9H2,1H3/t12-,17-/m0/s1/i1D3,2D,3D,4D,5D,6D,8D,10D,12D,17D. The molecule has 0 aromatic heterocycles. The van der Waals surface area contributed by atoms with E-state index in [1.807, 2.05) is 0 Å². The van der Waals surface area contributed by atoms with Crippen LogP contribution >= 0.6 is 23.2 Å². The van der Waals surface area contributed by atoms with Crippen molar-refractivity contribution in [2.24, 2.45) is 0 Å². The molecule has 1 N–H and O–H groups in total. The molecule has 0 aliphatic heterocycles. The number of halogens is 2. The average molecular weight is 318 g/mol. The van der Waals surface area contributed by atoms with Gasteiger partial charge in [0, 0.05) is 17.4 Å². The summed E-state index contributed by atoms with van der Waals surface area (Å²) in [5.74, 6) is -2.19. The molecule has 2 atom stereocenters. The van der Waals surface area contributed by atoms with E-state index in [2.05, 4.69) is 5.32 Å².